The first-order valence-corrected chi connectivity index (χ1v) is 11.6. The maximum atomic E-state index is 13.8. The number of hydrogen-bond donors (Lipinski definition) is 1. The Kier molecular flexibility index (Phi) is 5.61. The fourth-order valence-electron chi connectivity index (χ4n) is 3.36. The van der Waals surface area contributed by atoms with E-state index in [1.54, 1.807) is 19.1 Å². The van der Waals surface area contributed by atoms with Gasteiger partial charge in [0, 0.05) is 26.0 Å². The van der Waals surface area contributed by atoms with Crippen molar-refractivity contribution in [3.63, 3.8) is 0 Å². The van der Waals surface area contributed by atoms with E-state index in [2.05, 4.69) is 20.5 Å². The zero-order valence-corrected chi connectivity index (χ0v) is 18.5. The third-order valence-corrected chi connectivity index (χ3v) is 7.17. The molecule has 3 aromatic rings. The summed E-state index contributed by atoms with van der Waals surface area (Å²) in [6.07, 6.45) is -2.78. The molecule has 0 aliphatic heterocycles. The Morgan fingerprint density at radius 2 is 1.91 bits per heavy atom. The quantitative estimate of drug-likeness (QED) is 0.562. The number of fused-ring (bicyclic) bond motifs is 1. The van der Waals surface area contributed by atoms with Crippen LogP contribution in [0, 0.1) is 6.92 Å². The van der Waals surface area contributed by atoms with Crippen LogP contribution >= 0.6 is 0 Å². The molecule has 1 N–H and O–H groups in total. The normalized spacial score (nSPS) is 15.0. The maximum absolute atomic E-state index is 13.8. The van der Waals surface area contributed by atoms with E-state index >= 15 is 0 Å². The second-order valence-corrected chi connectivity index (χ2v) is 10.3. The molecule has 1 fully saturated rings. The number of benzene rings is 1. The average Bonchev–Trinajstić information content (AvgIpc) is 3.45. The van der Waals surface area contributed by atoms with Crippen molar-refractivity contribution in [3.05, 3.63) is 34.9 Å². The zero-order valence-electron chi connectivity index (χ0n) is 17.7. The number of sulfonamides is 1. The summed E-state index contributed by atoms with van der Waals surface area (Å²) in [5.41, 5.74) is 0.457. The van der Waals surface area contributed by atoms with Crippen molar-refractivity contribution < 1.29 is 26.0 Å². The first-order valence-electron chi connectivity index (χ1n) is 9.96. The van der Waals surface area contributed by atoms with Gasteiger partial charge in [0.05, 0.1) is 16.8 Å². The number of alkyl halides is 3. The first kappa shape index (κ1) is 22.5. The molecule has 4 rings (SSSR count). The molecule has 1 aliphatic carbocycles. The average molecular weight is 469 g/mol. The summed E-state index contributed by atoms with van der Waals surface area (Å²) in [5.74, 6) is -0.0867. The topological polar surface area (TPSA) is 101 Å². The molecule has 2 heterocycles. The Balaban J connectivity index is 1.65. The molecule has 0 amide bonds. The lowest BCUT2D eigenvalue weighted by Gasteiger charge is -2.14. The van der Waals surface area contributed by atoms with Gasteiger partial charge >= 0.3 is 12.2 Å². The van der Waals surface area contributed by atoms with Crippen molar-refractivity contribution in [2.45, 2.75) is 31.9 Å². The van der Waals surface area contributed by atoms with Crippen molar-refractivity contribution in [2.75, 3.05) is 31.7 Å². The van der Waals surface area contributed by atoms with Crippen LogP contribution in [-0.2, 0) is 16.2 Å². The predicted molar refractivity (Wildman–Crippen MR) is 113 cm³/mol. The van der Waals surface area contributed by atoms with Crippen molar-refractivity contribution in [1.29, 1.82) is 0 Å². The summed E-state index contributed by atoms with van der Waals surface area (Å²) in [7, 11) is -0.551. The lowest BCUT2D eigenvalue weighted by atomic mass is 9.98. The standard InChI is InChI=1S/C20H22F3N5O3S/c1-11-8-16(18-26-27-19(31-18)24-6-7-32(29,30)28(2)3)25-17-14(11)9-13(12-4-5-12)10-15(17)20(21,22)23/h8-10,12H,4-7H2,1-3H3,(H,24,27). The lowest BCUT2D eigenvalue weighted by molar-refractivity contribution is -0.136. The van der Waals surface area contributed by atoms with Crippen LogP contribution < -0.4 is 5.32 Å². The third-order valence-electron chi connectivity index (χ3n) is 5.33. The first-order chi connectivity index (χ1) is 15.0. The van der Waals surface area contributed by atoms with Crippen LogP contribution in [-0.4, -0.2) is 54.3 Å². The number of aromatic nitrogens is 3. The van der Waals surface area contributed by atoms with E-state index in [0.717, 1.165) is 17.1 Å². The molecule has 1 aromatic carbocycles. The molecule has 0 unspecified atom stereocenters. The summed E-state index contributed by atoms with van der Waals surface area (Å²) >= 11 is 0. The van der Waals surface area contributed by atoms with Crippen LogP contribution in [0.3, 0.4) is 0 Å². The summed E-state index contributed by atoms with van der Waals surface area (Å²) in [5, 5.41) is 10.8. The minimum Gasteiger partial charge on any atom is -0.402 e. The SMILES string of the molecule is Cc1cc(-c2nnc(NCCS(=O)(=O)N(C)C)o2)nc2c(C(F)(F)F)cc(C3CC3)cc12. The highest BCUT2D eigenvalue weighted by atomic mass is 32.2. The Labute approximate surface area is 182 Å². The van der Waals surface area contributed by atoms with E-state index < -0.39 is 21.8 Å². The van der Waals surface area contributed by atoms with Crippen LogP contribution in [0.25, 0.3) is 22.5 Å². The largest absolute Gasteiger partial charge is 0.418 e. The third kappa shape index (κ3) is 4.56. The number of nitrogens with one attached hydrogen (secondary N) is 1. The van der Waals surface area contributed by atoms with E-state index in [1.807, 2.05) is 0 Å². The Hall–Kier alpha value is -2.73. The molecule has 1 saturated carbocycles. The highest BCUT2D eigenvalue weighted by Crippen LogP contribution is 2.45. The predicted octanol–water partition coefficient (Wildman–Crippen LogP) is 3.79. The number of pyridine rings is 1. The molecule has 0 spiro atoms. The van der Waals surface area contributed by atoms with Gasteiger partial charge in [0.2, 0.25) is 10.0 Å². The molecular formula is C20H22F3N5O3S. The molecule has 0 saturated heterocycles. The molecule has 1 aliphatic rings. The second-order valence-electron chi connectivity index (χ2n) is 8.00. The Morgan fingerprint density at radius 3 is 2.53 bits per heavy atom. The van der Waals surface area contributed by atoms with E-state index in [-0.39, 0.29) is 41.3 Å². The molecule has 8 nitrogen and oxygen atoms in total. The number of halogens is 3. The number of nitrogens with zero attached hydrogens (tertiary/aromatic N) is 4. The monoisotopic (exact) mass is 469 g/mol. The van der Waals surface area contributed by atoms with Gasteiger partial charge in [0.15, 0.2) is 0 Å². The molecule has 2 aromatic heterocycles. The van der Waals surface area contributed by atoms with Gasteiger partial charge in [0.1, 0.15) is 5.69 Å². The fraction of sp³-hybridized carbons (Fsp3) is 0.450. The molecule has 12 heteroatoms. The Morgan fingerprint density at radius 1 is 1.19 bits per heavy atom. The maximum Gasteiger partial charge on any atom is 0.418 e. The van der Waals surface area contributed by atoms with Crippen LogP contribution in [0.5, 0.6) is 0 Å². The fourth-order valence-corrected chi connectivity index (χ4v) is 4.08. The van der Waals surface area contributed by atoms with Crippen LogP contribution in [0.2, 0.25) is 0 Å². The van der Waals surface area contributed by atoms with Gasteiger partial charge in [0.25, 0.3) is 5.89 Å². The Bertz CT molecular complexity index is 1270. The zero-order chi connectivity index (χ0) is 23.3. The van der Waals surface area contributed by atoms with Crippen molar-refractivity contribution in [3.8, 4) is 11.6 Å². The molecule has 0 radical (unpaired) electrons. The summed E-state index contributed by atoms with van der Waals surface area (Å²) in [6.45, 7) is 1.74. The number of anilines is 1. The van der Waals surface area contributed by atoms with Gasteiger partial charge < -0.3 is 9.73 Å². The number of aryl methyl sites for hydroxylation is 1. The molecule has 0 bridgehead atoms. The van der Waals surface area contributed by atoms with E-state index in [0.29, 0.717) is 16.5 Å². The van der Waals surface area contributed by atoms with Crippen LogP contribution in [0.1, 0.15) is 35.4 Å². The molecule has 172 valence electrons. The molecule has 0 atom stereocenters. The van der Waals surface area contributed by atoms with Gasteiger partial charge in [-0.2, -0.15) is 13.2 Å². The van der Waals surface area contributed by atoms with Crippen molar-refractivity contribution >= 4 is 26.9 Å². The second kappa shape index (κ2) is 8.00. The number of rotatable bonds is 7. The number of hydrogen-bond acceptors (Lipinski definition) is 7. The highest BCUT2D eigenvalue weighted by Gasteiger charge is 2.36. The van der Waals surface area contributed by atoms with E-state index in [9.17, 15) is 21.6 Å². The molecular weight excluding hydrogens is 447 g/mol. The van der Waals surface area contributed by atoms with Gasteiger partial charge in [-0.1, -0.05) is 5.10 Å². The van der Waals surface area contributed by atoms with Crippen molar-refractivity contribution in [2.24, 2.45) is 0 Å². The van der Waals surface area contributed by atoms with Gasteiger partial charge in [-0.15, -0.1) is 5.10 Å². The minimum absolute atomic E-state index is 0.0223. The highest BCUT2D eigenvalue weighted by molar-refractivity contribution is 7.89. The van der Waals surface area contributed by atoms with Gasteiger partial charge in [-0.25, -0.2) is 17.7 Å². The molecule has 32 heavy (non-hydrogen) atoms. The van der Waals surface area contributed by atoms with E-state index in [1.165, 1.54) is 20.2 Å². The smallest absolute Gasteiger partial charge is 0.402 e. The summed E-state index contributed by atoms with van der Waals surface area (Å²) in [4.78, 5) is 4.20. The summed E-state index contributed by atoms with van der Waals surface area (Å²) < 4.78 is 71.5. The van der Waals surface area contributed by atoms with Gasteiger partial charge in [-0.3, -0.25) is 0 Å². The summed E-state index contributed by atoms with van der Waals surface area (Å²) in [6, 6.07) is 4.52. The van der Waals surface area contributed by atoms with Crippen molar-refractivity contribution in [1.82, 2.24) is 19.5 Å². The minimum atomic E-state index is -4.55. The van der Waals surface area contributed by atoms with E-state index in [4.69, 9.17) is 4.42 Å². The van der Waals surface area contributed by atoms with Crippen LogP contribution in [0.15, 0.2) is 22.6 Å². The lowest BCUT2D eigenvalue weighted by Crippen LogP contribution is -2.28. The van der Waals surface area contributed by atoms with Crippen LogP contribution in [0.4, 0.5) is 19.2 Å². The van der Waals surface area contributed by atoms with Gasteiger partial charge in [-0.05, 0) is 55.0 Å².